The number of amides is 1. The lowest BCUT2D eigenvalue weighted by molar-refractivity contribution is -0.137. The third kappa shape index (κ3) is 5.11. The fraction of sp³-hybridized carbons (Fsp3) is 0.360. The van der Waals surface area contributed by atoms with Crippen LogP contribution in [0.25, 0.3) is 11.1 Å². The Kier molecular flexibility index (Phi) is 6.46. The molecule has 2 atom stereocenters. The molecule has 1 saturated heterocycles. The van der Waals surface area contributed by atoms with Crippen LogP contribution < -0.4 is 0 Å². The second kappa shape index (κ2) is 9.44. The first kappa shape index (κ1) is 21.9. The van der Waals surface area contributed by atoms with Crippen LogP contribution in [0.15, 0.2) is 53.2 Å². The van der Waals surface area contributed by atoms with Crippen LogP contribution in [-0.2, 0) is 22.4 Å². The number of aromatic nitrogens is 2. The summed E-state index contributed by atoms with van der Waals surface area (Å²) in [6.07, 6.45) is 2.37. The Bertz CT molecular complexity index is 1090. The standard InChI is InChI=1S/C25H27N3O4/c1-16-3-7-20(14-26-16)19-8-4-18(5-9-19)6-10-24(30)23-12-21(29)15-28(23)25(31)13-22-11-17(2)27-32-22/h3-5,7-9,11,14,21,23,29H,6,10,12-13,15H2,1-2H3/t21-,23+/m1/s1. The molecule has 4 rings (SSSR count). The van der Waals surface area contributed by atoms with E-state index >= 15 is 0 Å². The van der Waals surface area contributed by atoms with Crippen LogP contribution >= 0.6 is 0 Å². The number of likely N-dealkylation sites (tertiary alicyclic amines) is 1. The van der Waals surface area contributed by atoms with Crippen molar-refractivity contribution in [2.24, 2.45) is 0 Å². The minimum Gasteiger partial charge on any atom is -0.391 e. The van der Waals surface area contributed by atoms with Crippen LogP contribution in [0.3, 0.4) is 0 Å². The number of carbonyl (C=O) groups excluding carboxylic acids is 2. The predicted octanol–water partition coefficient (Wildman–Crippen LogP) is 3.06. The number of hydrogen-bond donors (Lipinski definition) is 1. The van der Waals surface area contributed by atoms with Gasteiger partial charge in [0.1, 0.15) is 5.76 Å². The fourth-order valence-corrected chi connectivity index (χ4v) is 4.08. The van der Waals surface area contributed by atoms with Crippen molar-refractivity contribution in [1.82, 2.24) is 15.0 Å². The van der Waals surface area contributed by atoms with Gasteiger partial charge < -0.3 is 14.5 Å². The zero-order chi connectivity index (χ0) is 22.7. The van der Waals surface area contributed by atoms with Crippen LogP contribution in [0.4, 0.5) is 0 Å². The molecular formula is C25H27N3O4. The van der Waals surface area contributed by atoms with Gasteiger partial charge in [0.15, 0.2) is 5.78 Å². The number of Topliss-reactive ketones (excluding diaryl/α,β-unsaturated/α-hetero) is 1. The van der Waals surface area contributed by atoms with Crippen LogP contribution in [0, 0.1) is 13.8 Å². The van der Waals surface area contributed by atoms with Gasteiger partial charge in [-0.3, -0.25) is 14.6 Å². The minimum atomic E-state index is -0.688. The van der Waals surface area contributed by atoms with E-state index in [1.807, 2.05) is 49.5 Å². The van der Waals surface area contributed by atoms with Crippen molar-refractivity contribution in [3.05, 3.63) is 71.4 Å². The first-order valence-electron chi connectivity index (χ1n) is 10.8. The second-order valence-electron chi connectivity index (χ2n) is 8.41. The molecule has 3 heterocycles. The van der Waals surface area contributed by atoms with E-state index in [0.29, 0.717) is 24.3 Å². The van der Waals surface area contributed by atoms with Gasteiger partial charge in [-0.2, -0.15) is 0 Å². The molecule has 0 aliphatic carbocycles. The molecule has 1 aromatic carbocycles. The monoisotopic (exact) mass is 433 g/mol. The average molecular weight is 434 g/mol. The van der Waals surface area contributed by atoms with E-state index < -0.39 is 12.1 Å². The van der Waals surface area contributed by atoms with Crippen molar-refractivity contribution in [2.45, 2.75) is 51.7 Å². The van der Waals surface area contributed by atoms with Gasteiger partial charge in [0, 0.05) is 42.9 Å². The molecule has 166 valence electrons. The maximum Gasteiger partial charge on any atom is 0.231 e. The largest absolute Gasteiger partial charge is 0.391 e. The molecule has 0 unspecified atom stereocenters. The summed E-state index contributed by atoms with van der Waals surface area (Å²) in [6, 6.07) is 13.2. The Morgan fingerprint density at radius 1 is 1.09 bits per heavy atom. The number of carbonyl (C=O) groups is 2. The summed E-state index contributed by atoms with van der Waals surface area (Å²) in [6.45, 7) is 3.91. The number of benzene rings is 1. The molecule has 0 spiro atoms. The maximum absolute atomic E-state index is 12.9. The van der Waals surface area contributed by atoms with Crippen LogP contribution in [-0.4, -0.2) is 50.5 Å². The Balaban J connectivity index is 1.35. The van der Waals surface area contributed by atoms with Gasteiger partial charge in [-0.1, -0.05) is 35.5 Å². The number of aliphatic hydroxyl groups is 1. The summed E-state index contributed by atoms with van der Waals surface area (Å²) in [4.78, 5) is 31.4. The minimum absolute atomic E-state index is 0.0320. The lowest BCUT2D eigenvalue weighted by Crippen LogP contribution is -2.41. The number of β-amino-alcohol motifs (C(OH)–C–C–N with tert-alkyl or cyclic N) is 1. The summed E-state index contributed by atoms with van der Waals surface area (Å²) in [7, 11) is 0. The van der Waals surface area contributed by atoms with Gasteiger partial charge in [-0.15, -0.1) is 0 Å². The molecule has 3 aromatic rings. The van der Waals surface area contributed by atoms with E-state index in [4.69, 9.17) is 4.52 Å². The molecule has 7 nitrogen and oxygen atoms in total. The van der Waals surface area contributed by atoms with E-state index in [9.17, 15) is 14.7 Å². The van der Waals surface area contributed by atoms with E-state index in [2.05, 4.69) is 10.1 Å². The smallest absolute Gasteiger partial charge is 0.231 e. The second-order valence-corrected chi connectivity index (χ2v) is 8.41. The predicted molar refractivity (Wildman–Crippen MR) is 119 cm³/mol. The number of hydrogen-bond acceptors (Lipinski definition) is 6. The molecule has 1 aliphatic heterocycles. The zero-order valence-electron chi connectivity index (χ0n) is 18.3. The molecule has 0 saturated carbocycles. The summed E-state index contributed by atoms with van der Waals surface area (Å²) >= 11 is 0. The average Bonchev–Trinajstić information content (AvgIpc) is 3.38. The SMILES string of the molecule is Cc1ccc(-c2ccc(CCC(=O)[C@@H]3C[C@@H](O)CN3C(=O)Cc3cc(C)no3)cc2)cn1. The molecule has 2 aromatic heterocycles. The summed E-state index contributed by atoms with van der Waals surface area (Å²) in [5, 5.41) is 13.9. The lowest BCUT2D eigenvalue weighted by Gasteiger charge is -2.23. The van der Waals surface area contributed by atoms with Crippen LogP contribution in [0.2, 0.25) is 0 Å². The first-order valence-corrected chi connectivity index (χ1v) is 10.8. The van der Waals surface area contributed by atoms with Gasteiger partial charge in [0.2, 0.25) is 5.91 Å². The fourth-order valence-electron chi connectivity index (χ4n) is 4.08. The molecule has 0 radical (unpaired) electrons. The highest BCUT2D eigenvalue weighted by molar-refractivity contribution is 5.90. The van der Waals surface area contributed by atoms with Gasteiger partial charge in [0.05, 0.1) is 24.3 Å². The molecule has 1 fully saturated rings. The summed E-state index contributed by atoms with van der Waals surface area (Å²) in [5.74, 6) is 0.200. The third-order valence-electron chi connectivity index (χ3n) is 5.83. The number of pyridine rings is 1. The van der Waals surface area contributed by atoms with E-state index in [0.717, 1.165) is 22.4 Å². The highest BCUT2D eigenvalue weighted by Gasteiger charge is 2.38. The van der Waals surface area contributed by atoms with Crippen molar-refractivity contribution >= 4 is 11.7 Å². The Labute approximate surface area is 187 Å². The number of rotatable bonds is 7. The molecule has 7 heteroatoms. The topological polar surface area (TPSA) is 96.5 Å². The number of nitrogens with zero attached hydrogens (tertiary/aromatic N) is 3. The molecule has 0 bridgehead atoms. The molecule has 1 amide bonds. The van der Waals surface area contributed by atoms with Crippen LogP contribution in [0.5, 0.6) is 0 Å². The van der Waals surface area contributed by atoms with E-state index in [-0.39, 0.29) is 31.1 Å². The molecule has 1 aliphatic rings. The van der Waals surface area contributed by atoms with Crippen molar-refractivity contribution < 1.29 is 19.2 Å². The van der Waals surface area contributed by atoms with Gasteiger partial charge in [-0.05, 0) is 37.5 Å². The van der Waals surface area contributed by atoms with Crippen molar-refractivity contribution in [3.8, 4) is 11.1 Å². The molecule has 1 N–H and O–H groups in total. The van der Waals surface area contributed by atoms with Crippen molar-refractivity contribution in [2.75, 3.05) is 6.54 Å². The molecular weight excluding hydrogens is 406 g/mol. The number of aliphatic hydroxyl groups excluding tert-OH is 1. The molecule has 32 heavy (non-hydrogen) atoms. The number of ketones is 1. The van der Waals surface area contributed by atoms with E-state index in [1.165, 1.54) is 4.90 Å². The summed E-state index contributed by atoms with van der Waals surface area (Å²) in [5.41, 5.74) is 4.85. The number of aryl methyl sites for hydroxylation is 3. The normalized spacial score (nSPS) is 18.2. The first-order chi connectivity index (χ1) is 15.4. The Morgan fingerprint density at radius 2 is 1.84 bits per heavy atom. The van der Waals surface area contributed by atoms with E-state index in [1.54, 1.807) is 13.0 Å². The van der Waals surface area contributed by atoms with Gasteiger partial charge in [-0.25, -0.2) is 0 Å². The maximum atomic E-state index is 12.9. The quantitative estimate of drug-likeness (QED) is 0.615. The van der Waals surface area contributed by atoms with Crippen molar-refractivity contribution in [3.63, 3.8) is 0 Å². The highest BCUT2D eigenvalue weighted by atomic mass is 16.5. The summed E-state index contributed by atoms with van der Waals surface area (Å²) < 4.78 is 5.12. The van der Waals surface area contributed by atoms with Crippen LogP contribution in [0.1, 0.15) is 35.6 Å². The Morgan fingerprint density at radius 3 is 2.50 bits per heavy atom. The highest BCUT2D eigenvalue weighted by Crippen LogP contribution is 2.23. The lowest BCUT2D eigenvalue weighted by atomic mass is 9.99. The van der Waals surface area contributed by atoms with Gasteiger partial charge >= 0.3 is 0 Å². The zero-order valence-corrected chi connectivity index (χ0v) is 18.3. The Hall–Kier alpha value is -3.32. The van der Waals surface area contributed by atoms with Gasteiger partial charge in [0.25, 0.3) is 0 Å². The third-order valence-corrected chi connectivity index (χ3v) is 5.83. The van der Waals surface area contributed by atoms with Crippen molar-refractivity contribution in [1.29, 1.82) is 0 Å².